The third-order valence-electron chi connectivity index (χ3n) is 3.71. The Labute approximate surface area is 131 Å². The molecular weight excluding hydrogens is 272 g/mol. The summed E-state index contributed by atoms with van der Waals surface area (Å²) in [6.07, 6.45) is 0. The van der Waals surface area contributed by atoms with Gasteiger partial charge in [-0.25, -0.2) is 0 Å². The van der Waals surface area contributed by atoms with Gasteiger partial charge in [-0.05, 0) is 51.2 Å². The molecule has 0 aliphatic heterocycles. The second kappa shape index (κ2) is 5.50. The van der Waals surface area contributed by atoms with Crippen LogP contribution >= 0.6 is 11.3 Å². The molecule has 0 N–H and O–H groups in total. The van der Waals surface area contributed by atoms with Crippen molar-refractivity contribution in [3.63, 3.8) is 0 Å². The van der Waals surface area contributed by atoms with E-state index in [0.717, 1.165) is 0 Å². The Balaban J connectivity index is 2.19. The lowest BCUT2D eigenvalue weighted by Crippen LogP contribution is -2.11. The molecule has 0 bridgehead atoms. The maximum absolute atomic E-state index is 2.33. The van der Waals surface area contributed by atoms with E-state index < -0.39 is 0 Å². The summed E-state index contributed by atoms with van der Waals surface area (Å²) in [5, 5.41) is 2.14. The van der Waals surface area contributed by atoms with Crippen molar-refractivity contribution < 1.29 is 0 Å². The van der Waals surface area contributed by atoms with Crippen LogP contribution in [0.25, 0.3) is 21.6 Å². The fraction of sp³-hybridized carbons (Fsp3) is 0.200. The van der Waals surface area contributed by atoms with E-state index in [1.54, 1.807) is 11.3 Å². The molecule has 0 radical (unpaired) electrons. The van der Waals surface area contributed by atoms with Gasteiger partial charge in [0.15, 0.2) is 0 Å². The predicted molar refractivity (Wildman–Crippen MR) is 93.9 cm³/mol. The van der Waals surface area contributed by atoms with Crippen LogP contribution in [0.15, 0.2) is 66.0 Å². The van der Waals surface area contributed by atoms with Crippen molar-refractivity contribution in [3.05, 3.63) is 71.6 Å². The van der Waals surface area contributed by atoms with Gasteiger partial charge in [-0.2, -0.15) is 0 Å². The highest BCUT2D eigenvalue weighted by atomic mass is 32.1. The molecule has 0 atom stereocenters. The number of benzene rings is 2. The standard InChI is InChI=1S/C20H20S/c1-20(2,3)18-13-16(15-8-5-4-6-9-15)12-17(14-18)19-10-7-11-21-19/h4-14H,1-3H3. The van der Waals surface area contributed by atoms with Gasteiger partial charge in [0.25, 0.3) is 0 Å². The van der Waals surface area contributed by atoms with E-state index in [1.807, 2.05) is 0 Å². The van der Waals surface area contributed by atoms with Crippen LogP contribution in [0.4, 0.5) is 0 Å². The zero-order chi connectivity index (χ0) is 14.9. The fourth-order valence-corrected chi connectivity index (χ4v) is 3.16. The Kier molecular flexibility index (Phi) is 3.69. The van der Waals surface area contributed by atoms with Gasteiger partial charge < -0.3 is 0 Å². The number of rotatable bonds is 2. The average molecular weight is 292 g/mol. The molecule has 0 saturated carbocycles. The van der Waals surface area contributed by atoms with Crippen molar-refractivity contribution in [1.82, 2.24) is 0 Å². The van der Waals surface area contributed by atoms with Gasteiger partial charge in [0, 0.05) is 4.88 Å². The van der Waals surface area contributed by atoms with Crippen LogP contribution in [0, 0.1) is 0 Å². The molecule has 0 nitrogen and oxygen atoms in total. The number of hydrogen-bond donors (Lipinski definition) is 0. The van der Waals surface area contributed by atoms with Crippen molar-refractivity contribution in [2.24, 2.45) is 0 Å². The Hall–Kier alpha value is -1.86. The molecule has 0 saturated heterocycles. The van der Waals surface area contributed by atoms with Crippen LogP contribution in [0.5, 0.6) is 0 Å². The molecule has 106 valence electrons. The van der Waals surface area contributed by atoms with Crippen molar-refractivity contribution in [2.75, 3.05) is 0 Å². The van der Waals surface area contributed by atoms with E-state index in [4.69, 9.17) is 0 Å². The zero-order valence-corrected chi connectivity index (χ0v) is 13.6. The second-order valence-corrected chi connectivity index (χ2v) is 7.34. The third-order valence-corrected chi connectivity index (χ3v) is 4.63. The molecule has 0 unspecified atom stereocenters. The van der Waals surface area contributed by atoms with E-state index in [-0.39, 0.29) is 5.41 Å². The first-order chi connectivity index (χ1) is 10.0. The SMILES string of the molecule is CC(C)(C)c1cc(-c2ccccc2)cc(-c2cccs2)c1. The third kappa shape index (κ3) is 3.08. The smallest absolute Gasteiger partial charge is 0.0343 e. The molecule has 1 heteroatoms. The fourth-order valence-electron chi connectivity index (χ4n) is 2.44. The van der Waals surface area contributed by atoms with Gasteiger partial charge in [-0.1, -0.05) is 63.2 Å². The van der Waals surface area contributed by atoms with Crippen LogP contribution in [0.1, 0.15) is 26.3 Å². The lowest BCUT2D eigenvalue weighted by Gasteiger charge is -2.21. The summed E-state index contributed by atoms with van der Waals surface area (Å²) in [7, 11) is 0. The normalized spacial score (nSPS) is 11.6. The average Bonchev–Trinajstić information content (AvgIpc) is 3.01. The van der Waals surface area contributed by atoms with Crippen molar-refractivity contribution in [1.29, 1.82) is 0 Å². The second-order valence-electron chi connectivity index (χ2n) is 6.39. The molecule has 3 rings (SSSR count). The van der Waals surface area contributed by atoms with E-state index in [9.17, 15) is 0 Å². The molecular formula is C20H20S. The summed E-state index contributed by atoms with van der Waals surface area (Å²) >= 11 is 1.80. The van der Waals surface area contributed by atoms with E-state index in [0.29, 0.717) is 0 Å². The molecule has 1 heterocycles. The molecule has 0 spiro atoms. The van der Waals surface area contributed by atoms with Gasteiger partial charge in [0.2, 0.25) is 0 Å². The van der Waals surface area contributed by atoms with Gasteiger partial charge >= 0.3 is 0 Å². The van der Waals surface area contributed by atoms with Gasteiger partial charge in [-0.3, -0.25) is 0 Å². The lowest BCUT2D eigenvalue weighted by molar-refractivity contribution is 0.591. The minimum atomic E-state index is 0.150. The predicted octanol–water partition coefficient (Wildman–Crippen LogP) is 6.38. The quantitative estimate of drug-likeness (QED) is 0.514. The summed E-state index contributed by atoms with van der Waals surface area (Å²) in [4.78, 5) is 1.33. The molecule has 21 heavy (non-hydrogen) atoms. The summed E-state index contributed by atoms with van der Waals surface area (Å²) in [5.74, 6) is 0. The molecule has 0 aliphatic rings. The number of hydrogen-bond acceptors (Lipinski definition) is 1. The molecule has 3 aromatic rings. The number of thiophene rings is 1. The first kappa shape index (κ1) is 14.1. The summed E-state index contributed by atoms with van der Waals surface area (Å²) in [6.45, 7) is 6.82. The molecule has 0 amide bonds. The van der Waals surface area contributed by atoms with E-state index >= 15 is 0 Å². The van der Waals surface area contributed by atoms with Crippen LogP contribution < -0.4 is 0 Å². The minimum absolute atomic E-state index is 0.150. The molecule has 2 aromatic carbocycles. The Bertz CT molecular complexity index is 716. The largest absolute Gasteiger partial charge is 0.144 e. The first-order valence-corrected chi connectivity index (χ1v) is 8.17. The van der Waals surface area contributed by atoms with Gasteiger partial charge in [0.1, 0.15) is 0 Å². The summed E-state index contributed by atoms with van der Waals surface area (Å²) < 4.78 is 0. The van der Waals surface area contributed by atoms with E-state index in [2.05, 4.69) is 86.8 Å². The molecule has 0 aliphatic carbocycles. The van der Waals surface area contributed by atoms with Crippen LogP contribution in [0.3, 0.4) is 0 Å². The Morgan fingerprint density at radius 3 is 2.05 bits per heavy atom. The van der Waals surface area contributed by atoms with E-state index in [1.165, 1.54) is 27.1 Å². The first-order valence-electron chi connectivity index (χ1n) is 7.29. The van der Waals surface area contributed by atoms with Gasteiger partial charge in [-0.15, -0.1) is 11.3 Å². The lowest BCUT2D eigenvalue weighted by atomic mass is 9.84. The monoisotopic (exact) mass is 292 g/mol. The zero-order valence-electron chi connectivity index (χ0n) is 12.8. The summed E-state index contributed by atoms with van der Waals surface area (Å²) in [5.41, 5.74) is 5.42. The Morgan fingerprint density at radius 1 is 0.714 bits per heavy atom. The van der Waals surface area contributed by atoms with Crippen LogP contribution in [-0.4, -0.2) is 0 Å². The molecule has 1 aromatic heterocycles. The highest BCUT2D eigenvalue weighted by molar-refractivity contribution is 7.13. The minimum Gasteiger partial charge on any atom is -0.144 e. The van der Waals surface area contributed by atoms with Gasteiger partial charge in [0.05, 0.1) is 0 Å². The molecule has 0 fully saturated rings. The maximum Gasteiger partial charge on any atom is 0.0343 e. The van der Waals surface area contributed by atoms with Crippen LogP contribution in [-0.2, 0) is 5.41 Å². The summed E-state index contributed by atoms with van der Waals surface area (Å²) in [6, 6.07) is 21.9. The maximum atomic E-state index is 2.33. The highest BCUT2D eigenvalue weighted by Crippen LogP contribution is 2.34. The van der Waals surface area contributed by atoms with Crippen molar-refractivity contribution >= 4 is 11.3 Å². The Morgan fingerprint density at radius 2 is 1.43 bits per heavy atom. The topological polar surface area (TPSA) is 0 Å². The van der Waals surface area contributed by atoms with Crippen LogP contribution in [0.2, 0.25) is 0 Å². The van der Waals surface area contributed by atoms with Crippen molar-refractivity contribution in [3.8, 4) is 21.6 Å². The highest BCUT2D eigenvalue weighted by Gasteiger charge is 2.16. The van der Waals surface area contributed by atoms with Crippen molar-refractivity contribution in [2.45, 2.75) is 26.2 Å².